The Kier molecular flexibility index (Phi) is 7.30. The molecule has 1 saturated heterocycles. The van der Waals surface area contributed by atoms with Crippen molar-refractivity contribution >= 4 is 29.0 Å². The van der Waals surface area contributed by atoms with Crippen LogP contribution in [0.25, 0.3) is 6.08 Å². The molecule has 0 unspecified atom stereocenters. The first-order valence-electron chi connectivity index (χ1n) is 9.34. The van der Waals surface area contributed by atoms with E-state index in [1.807, 2.05) is 12.1 Å². The van der Waals surface area contributed by atoms with Gasteiger partial charge >= 0.3 is 0 Å². The lowest BCUT2D eigenvalue weighted by Gasteiger charge is -2.15. The van der Waals surface area contributed by atoms with Gasteiger partial charge in [0.15, 0.2) is 23.0 Å². The smallest absolute Gasteiger partial charge is 0.293 e. The summed E-state index contributed by atoms with van der Waals surface area (Å²) in [5.41, 5.74) is 0.593. The number of carbonyl (C=O) groups is 2. The predicted molar refractivity (Wildman–Crippen MR) is 117 cm³/mol. The lowest BCUT2D eigenvalue weighted by atomic mass is 10.1. The maximum atomic E-state index is 12.8. The fourth-order valence-electron chi connectivity index (χ4n) is 3.06. The summed E-state index contributed by atoms with van der Waals surface area (Å²) in [5, 5.41) is -0.362. The van der Waals surface area contributed by atoms with Gasteiger partial charge in [0.05, 0.1) is 39.9 Å². The van der Waals surface area contributed by atoms with Crippen LogP contribution in [0.15, 0.2) is 41.3 Å². The molecule has 2 amide bonds. The Bertz CT molecular complexity index is 1010. The van der Waals surface area contributed by atoms with Gasteiger partial charge in [-0.2, -0.15) is 0 Å². The van der Waals surface area contributed by atoms with Gasteiger partial charge < -0.3 is 23.7 Å². The summed E-state index contributed by atoms with van der Waals surface area (Å²) >= 11 is 0.864. The zero-order chi connectivity index (χ0) is 22.4. The number of hydrogen-bond acceptors (Lipinski definition) is 8. The Morgan fingerprint density at radius 1 is 0.839 bits per heavy atom. The standard InChI is InChI=1S/C22H23NO7S/c1-26-15-7-5-6-8-16(15)30-12-11-23-21(24)18(31-22(23)25)13-14-9-10-17(27-2)20(29-4)19(14)28-3/h5-10,13H,11-12H2,1-4H3/b18-13-. The number of nitrogens with zero attached hydrogens (tertiary/aromatic N) is 1. The number of rotatable bonds is 9. The second-order valence-corrected chi connectivity index (χ2v) is 7.25. The van der Waals surface area contributed by atoms with E-state index in [2.05, 4.69) is 0 Å². The topological polar surface area (TPSA) is 83.5 Å². The normalized spacial score (nSPS) is 14.7. The lowest BCUT2D eigenvalue weighted by Crippen LogP contribution is -2.32. The minimum Gasteiger partial charge on any atom is -0.493 e. The first-order valence-corrected chi connectivity index (χ1v) is 10.2. The van der Waals surface area contributed by atoms with Gasteiger partial charge in [0.25, 0.3) is 11.1 Å². The molecule has 2 aromatic carbocycles. The van der Waals surface area contributed by atoms with Crippen molar-refractivity contribution in [2.24, 2.45) is 0 Å². The van der Waals surface area contributed by atoms with Crippen molar-refractivity contribution in [3.05, 3.63) is 46.9 Å². The molecule has 0 N–H and O–H groups in total. The van der Waals surface area contributed by atoms with E-state index < -0.39 is 5.91 Å². The monoisotopic (exact) mass is 445 g/mol. The first kappa shape index (κ1) is 22.4. The zero-order valence-electron chi connectivity index (χ0n) is 17.7. The fourth-order valence-corrected chi connectivity index (χ4v) is 3.91. The molecule has 1 heterocycles. The second-order valence-electron chi connectivity index (χ2n) is 6.26. The van der Waals surface area contributed by atoms with Crippen LogP contribution < -0.4 is 23.7 Å². The minimum absolute atomic E-state index is 0.114. The molecule has 31 heavy (non-hydrogen) atoms. The molecule has 0 saturated carbocycles. The molecule has 1 aliphatic rings. The van der Waals surface area contributed by atoms with Crippen LogP contribution in [0.5, 0.6) is 28.7 Å². The third-order valence-electron chi connectivity index (χ3n) is 4.54. The van der Waals surface area contributed by atoms with Crippen LogP contribution in [-0.2, 0) is 4.79 Å². The molecule has 164 valence electrons. The Morgan fingerprint density at radius 2 is 1.52 bits per heavy atom. The van der Waals surface area contributed by atoms with E-state index in [0.717, 1.165) is 16.7 Å². The highest BCUT2D eigenvalue weighted by Gasteiger charge is 2.35. The minimum atomic E-state index is -0.393. The van der Waals surface area contributed by atoms with Crippen LogP contribution in [0.2, 0.25) is 0 Å². The van der Waals surface area contributed by atoms with Crippen LogP contribution in [-0.4, -0.2) is 57.6 Å². The number of methoxy groups -OCH3 is 4. The van der Waals surface area contributed by atoms with E-state index in [0.29, 0.717) is 34.3 Å². The van der Waals surface area contributed by atoms with Crippen molar-refractivity contribution in [1.82, 2.24) is 4.90 Å². The largest absolute Gasteiger partial charge is 0.493 e. The summed E-state index contributed by atoms with van der Waals surface area (Å²) < 4.78 is 27.0. The molecule has 0 aliphatic carbocycles. The average molecular weight is 445 g/mol. The molecule has 0 spiro atoms. The molecule has 1 aliphatic heterocycles. The van der Waals surface area contributed by atoms with E-state index in [1.165, 1.54) is 21.3 Å². The average Bonchev–Trinajstić information content (AvgIpc) is 3.06. The number of para-hydroxylation sites is 2. The van der Waals surface area contributed by atoms with Gasteiger partial charge in [0, 0.05) is 5.56 Å². The van der Waals surface area contributed by atoms with E-state index in [-0.39, 0.29) is 23.3 Å². The maximum Gasteiger partial charge on any atom is 0.293 e. The van der Waals surface area contributed by atoms with Crippen molar-refractivity contribution < 1.29 is 33.3 Å². The summed E-state index contributed by atoms with van der Waals surface area (Å²) in [7, 11) is 6.07. The van der Waals surface area contributed by atoms with Crippen molar-refractivity contribution in [1.29, 1.82) is 0 Å². The van der Waals surface area contributed by atoms with Gasteiger partial charge in [-0.15, -0.1) is 0 Å². The van der Waals surface area contributed by atoms with Gasteiger partial charge in [0.1, 0.15) is 6.61 Å². The van der Waals surface area contributed by atoms with Crippen LogP contribution >= 0.6 is 11.8 Å². The Morgan fingerprint density at radius 3 is 2.16 bits per heavy atom. The van der Waals surface area contributed by atoms with Crippen LogP contribution in [0.3, 0.4) is 0 Å². The summed E-state index contributed by atoms with van der Waals surface area (Å²) in [6.07, 6.45) is 1.60. The molecule has 0 aromatic heterocycles. The number of carbonyl (C=O) groups excluding carboxylic acids is 2. The predicted octanol–water partition coefficient (Wildman–Crippen LogP) is 3.84. The molecule has 2 aromatic rings. The highest BCUT2D eigenvalue weighted by atomic mass is 32.2. The molecular formula is C22H23NO7S. The van der Waals surface area contributed by atoms with E-state index in [9.17, 15) is 9.59 Å². The molecule has 8 nitrogen and oxygen atoms in total. The van der Waals surface area contributed by atoms with E-state index >= 15 is 0 Å². The van der Waals surface area contributed by atoms with Crippen molar-refractivity contribution in [3.63, 3.8) is 0 Å². The van der Waals surface area contributed by atoms with Gasteiger partial charge in [0.2, 0.25) is 5.75 Å². The van der Waals surface area contributed by atoms with Crippen molar-refractivity contribution in [2.75, 3.05) is 41.6 Å². The molecule has 9 heteroatoms. The number of imide groups is 1. The van der Waals surface area contributed by atoms with Crippen LogP contribution in [0.4, 0.5) is 4.79 Å². The lowest BCUT2D eigenvalue weighted by molar-refractivity contribution is -0.123. The molecular weight excluding hydrogens is 422 g/mol. The fraction of sp³-hybridized carbons (Fsp3) is 0.273. The molecule has 3 rings (SSSR count). The molecule has 0 bridgehead atoms. The Labute approximate surface area is 184 Å². The second kappa shape index (κ2) is 10.1. The van der Waals surface area contributed by atoms with Crippen LogP contribution in [0.1, 0.15) is 5.56 Å². The number of thioether (sulfide) groups is 1. The highest BCUT2D eigenvalue weighted by Crippen LogP contribution is 2.42. The summed E-state index contributed by atoms with van der Waals surface area (Å²) in [5.74, 6) is 2.05. The third-order valence-corrected chi connectivity index (χ3v) is 5.44. The van der Waals surface area contributed by atoms with Crippen molar-refractivity contribution in [2.45, 2.75) is 0 Å². The van der Waals surface area contributed by atoms with Crippen LogP contribution in [0, 0.1) is 0 Å². The number of amides is 2. The molecule has 1 fully saturated rings. The first-order chi connectivity index (χ1) is 15.0. The molecule has 0 atom stereocenters. The maximum absolute atomic E-state index is 12.8. The van der Waals surface area contributed by atoms with Crippen molar-refractivity contribution in [3.8, 4) is 28.7 Å². The highest BCUT2D eigenvalue weighted by molar-refractivity contribution is 8.18. The third kappa shape index (κ3) is 4.72. The quantitative estimate of drug-likeness (QED) is 0.539. The van der Waals surface area contributed by atoms with Gasteiger partial charge in [-0.1, -0.05) is 12.1 Å². The summed E-state index contributed by atoms with van der Waals surface area (Å²) in [6.45, 7) is 0.258. The SMILES string of the molecule is COc1ccccc1OCCN1C(=O)S/C(=C\c2ccc(OC)c(OC)c2OC)C1=O. The number of ether oxygens (including phenoxy) is 5. The summed E-state index contributed by atoms with van der Waals surface area (Å²) in [4.78, 5) is 26.6. The van der Waals surface area contributed by atoms with Gasteiger partial charge in [-0.05, 0) is 42.1 Å². The Balaban J connectivity index is 1.75. The number of benzene rings is 2. The zero-order valence-corrected chi connectivity index (χ0v) is 18.5. The Hall–Kier alpha value is -3.33. The number of hydrogen-bond donors (Lipinski definition) is 0. The van der Waals surface area contributed by atoms with E-state index in [4.69, 9.17) is 23.7 Å². The molecule has 0 radical (unpaired) electrons. The van der Waals surface area contributed by atoms with Gasteiger partial charge in [-0.3, -0.25) is 14.5 Å². The van der Waals surface area contributed by atoms with Gasteiger partial charge in [-0.25, -0.2) is 0 Å². The van der Waals surface area contributed by atoms with E-state index in [1.54, 1.807) is 37.5 Å². The summed E-state index contributed by atoms with van der Waals surface area (Å²) in [6, 6.07) is 10.6.